The molecule has 0 spiro atoms. The molecule has 4 aromatic rings. The Kier molecular flexibility index (Phi) is 7.42. The number of amides is 1. The van der Waals surface area contributed by atoms with Gasteiger partial charge in [-0.15, -0.1) is 10.2 Å². The maximum absolute atomic E-state index is 13.7. The molecular weight excluding hydrogens is 527 g/mol. The third kappa shape index (κ3) is 5.40. The van der Waals surface area contributed by atoms with Gasteiger partial charge in [-0.25, -0.2) is 9.63 Å². The minimum absolute atomic E-state index is 0.211. The van der Waals surface area contributed by atoms with Crippen molar-refractivity contribution in [1.29, 1.82) is 0 Å². The predicted octanol–water partition coefficient (Wildman–Crippen LogP) is 4.91. The Balaban J connectivity index is 1.47. The van der Waals surface area contributed by atoms with Gasteiger partial charge in [0.25, 0.3) is 5.91 Å². The summed E-state index contributed by atoms with van der Waals surface area (Å²) >= 11 is 1.54. The van der Waals surface area contributed by atoms with Crippen molar-refractivity contribution in [1.82, 2.24) is 25.5 Å². The number of thiophene rings is 1. The van der Waals surface area contributed by atoms with E-state index in [0.717, 1.165) is 40.7 Å². The number of hydroxylamine groups is 1. The highest BCUT2D eigenvalue weighted by molar-refractivity contribution is 7.46. The second kappa shape index (κ2) is 10.8. The SMILES string of the molecule is CCCCC1N(Cc2ccc(-c3cscc3-c3nn[nH]n3)cc2)C(=O)c2cc(C)ccc2N1OP(=O)(O)O. The number of carbonyl (C=O) groups excluding carboxylic acids is 1. The molecule has 3 N–H and O–H groups in total. The first-order valence-corrected chi connectivity index (χ1v) is 14.6. The molecule has 1 aliphatic rings. The van der Waals surface area contributed by atoms with Crippen molar-refractivity contribution in [3.8, 4) is 22.5 Å². The normalized spacial score (nSPS) is 15.7. The summed E-state index contributed by atoms with van der Waals surface area (Å²) in [6.07, 6.45) is 1.39. The molecule has 1 unspecified atom stereocenters. The Morgan fingerprint density at radius 1 is 1.11 bits per heavy atom. The highest BCUT2D eigenvalue weighted by atomic mass is 32.1. The highest BCUT2D eigenvalue weighted by Gasteiger charge is 2.41. The second-order valence-corrected chi connectivity index (χ2v) is 11.0. The van der Waals surface area contributed by atoms with E-state index in [0.29, 0.717) is 23.5 Å². The highest BCUT2D eigenvalue weighted by Crippen LogP contribution is 2.44. The number of hydrogen-bond donors (Lipinski definition) is 3. The smallest absolute Gasteiger partial charge is 0.311 e. The average Bonchev–Trinajstić information content (AvgIpc) is 3.58. The van der Waals surface area contributed by atoms with Crippen LogP contribution in [0.1, 0.15) is 47.7 Å². The molecule has 38 heavy (non-hydrogen) atoms. The largest absolute Gasteiger partial charge is 0.491 e. The number of hydrogen-bond acceptors (Lipinski definition) is 8. The first-order chi connectivity index (χ1) is 18.2. The predicted molar refractivity (Wildman–Crippen MR) is 143 cm³/mol. The van der Waals surface area contributed by atoms with E-state index in [1.807, 2.05) is 48.9 Å². The Bertz CT molecular complexity index is 1470. The number of carbonyl (C=O) groups is 1. The number of fused-ring (bicyclic) bond motifs is 1. The molecule has 1 atom stereocenters. The number of anilines is 1. The van der Waals surface area contributed by atoms with Crippen molar-refractivity contribution >= 4 is 30.8 Å². The topological polar surface area (TPSA) is 145 Å². The van der Waals surface area contributed by atoms with Crippen LogP contribution in [0.15, 0.2) is 53.2 Å². The van der Waals surface area contributed by atoms with Crippen molar-refractivity contribution in [2.24, 2.45) is 0 Å². The molecule has 0 radical (unpaired) electrons. The van der Waals surface area contributed by atoms with Gasteiger partial charge < -0.3 is 14.7 Å². The van der Waals surface area contributed by atoms with Gasteiger partial charge in [0, 0.05) is 23.1 Å². The van der Waals surface area contributed by atoms with Gasteiger partial charge in [-0.1, -0.05) is 49.2 Å². The lowest BCUT2D eigenvalue weighted by Crippen LogP contribution is -2.54. The molecule has 3 heterocycles. The Morgan fingerprint density at radius 2 is 1.87 bits per heavy atom. The molecule has 5 rings (SSSR count). The van der Waals surface area contributed by atoms with Crippen molar-refractivity contribution in [2.75, 3.05) is 5.06 Å². The Labute approximate surface area is 223 Å². The number of phosphoric acid groups is 1. The molecule has 2 aromatic carbocycles. The summed E-state index contributed by atoms with van der Waals surface area (Å²) in [4.78, 5) is 34.7. The lowest BCUT2D eigenvalue weighted by molar-refractivity contribution is 0.0405. The molecule has 0 aliphatic carbocycles. The number of aromatic nitrogens is 4. The summed E-state index contributed by atoms with van der Waals surface area (Å²) in [5.41, 5.74) is 5.23. The molecule has 0 bridgehead atoms. The zero-order chi connectivity index (χ0) is 26.9. The molecule has 0 saturated carbocycles. The van der Waals surface area contributed by atoms with Gasteiger partial charge in [0.2, 0.25) is 5.82 Å². The van der Waals surface area contributed by atoms with E-state index < -0.39 is 14.0 Å². The molecule has 11 nitrogen and oxygen atoms in total. The van der Waals surface area contributed by atoms with Crippen molar-refractivity contribution < 1.29 is 23.8 Å². The van der Waals surface area contributed by atoms with Gasteiger partial charge in [0.05, 0.1) is 11.3 Å². The van der Waals surface area contributed by atoms with E-state index in [9.17, 15) is 19.1 Å². The van der Waals surface area contributed by atoms with Crippen LogP contribution in [0.2, 0.25) is 0 Å². The maximum atomic E-state index is 13.7. The number of benzene rings is 2. The van der Waals surface area contributed by atoms with Crippen LogP contribution in [-0.2, 0) is 15.7 Å². The maximum Gasteiger partial charge on any atom is 0.491 e. The lowest BCUT2D eigenvalue weighted by Gasteiger charge is -2.44. The van der Waals surface area contributed by atoms with Crippen molar-refractivity contribution in [3.63, 3.8) is 0 Å². The monoisotopic (exact) mass is 554 g/mol. The van der Waals surface area contributed by atoms with Crippen LogP contribution in [0.4, 0.5) is 5.69 Å². The quantitative estimate of drug-likeness (QED) is 0.246. The van der Waals surface area contributed by atoms with E-state index in [-0.39, 0.29) is 12.5 Å². The number of aryl methyl sites for hydroxylation is 1. The summed E-state index contributed by atoms with van der Waals surface area (Å²) in [5.74, 6) is 0.304. The number of rotatable bonds is 9. The Morgan fingerprint density at radius 3 is 2.55 bits per heavy atom. The minimum atomic E-state index is -4.89. The van der Waals surface area contributed by atoms with Crippen LogP contribution in [0.3, 0.4) is 0 Å². The van der Waals surface area contributed by atoms with Gasteiger partial charge >= 0.3 is 7.82 Å². The standard InChI is InChI=1S/C25H27N6O5PS/c1-3-4-5-23-30(25(32)19-12-16(2)6-11-22(19)31(23)36-37(33,34)35)13-17-7-9-18(10-8-17)20-14-38-15-21(20)24-26-28-29-27-24/h6-12,14-15,23H,3-5,13H2,1-2H3,(H2,33,34,35)(H,26,27,28,29). The second-order valence-electron chi connectivity index (χ2n) is 9.11. The van der Waals surface area contributed by atoms with Gasteiger partial charge in [-0.2, -0.15) is 21.2 Å². The molecule has 0 saturated heterocycles. The van der Waals surface area contributed by atoms with Gasteiger partial charge in [0.1, 0.15) is 6.17 Å². The van der Waals surface area contributed by atoms with Gasteiger partial charge in [-0.3, -0.25) is 4.79 Å². The Hall–Kier alpha value is -3.41. The molecule has 198 valence electrons. The number of nitrogens with one attached hydrogen (secondary N) is 1. The van der Waals surface area contributed by atoms with Crippen LogP contribution in [0, 0.1) is 6.92 Å². The van der Waals surface area contributed by atoms with Crippen LogP contribution < -0.4 is 5.06 Å². The fourth-order valence-electron chi connectivity index (χ4n) is 4.60. The fraction of sp³-hybridized carbons (Fsp3) is 0.280. The summed E-state index contributed by atoms with van der Waals surface area (Å²) in [6.45, 7) is 4.12. The van der Waals surface area contributed by atoms with E-state index in [4.69, 9.17) is 4.62 Å². The third-order valence-electron chi connectivity index (χ3n) is 6.39. The summed E-state index contributed by atoms with van der Waals surface area (Å²) in [5, 5.41) is 19.5. The zero-order valence-corrected chi connectivity index (χ0v) is 22.5. The molecular formula is C25H27N6O5PS. The number of tetrazole rings is 1. The van der Waals surface area contributed by atoms with E-state index in [2.05, 4.69) is 20.6 Å². The van der Waals surface area contributed by atoms with Crippen molar-refractivity contribution in [2.45, 2.75) is 45.8 Å². The first-order valence-electron chi connectivity index (χ1n) is 12.1. The van der Waals surface area contributed by atoms with Crippen LogP contribution >= 0.6 is 19.2 Å². The zero-order valence-electron chi connectivity index (χ0n) is 20.8. The lowest BCUT2D eigenvalue weighted by atomic mass is 10.00. The molecule has 1 amide bonds. The number of H-pyrrole nitrogens is 1. The molecule has 1 aliphatic heterocycles. The number of aromatic amines is 1. The van der Waals surface area contributed by atoms with E-state index >= 15 is 0 Å². The van der Waals surface area contributed by atoms with Crippen LogP contribution in [-0.4, -0.2) is 47.4 Å². The molecule has 2 aromatic heterocycles. The summed E-state index contributed by atoms with van der Waals surface area (Å²) in [6, 6.07) is 13.0. The average molecular weight is 555 g/mol. The summed E-state index contributed by atoms with van der Waals surface area (Å²) in [7, 11) is -4.89. The van der Waals surface area contributed by atoms with Crippen LogP contribution in [0.5, 0.6) is 0 Å². The molecule has 13 heteroatoms. The summed E-state index contributed by atoms with van der Waals surface area (Å²) < 4.78 is 17.1. The van der Waals surface area contributed by atoms with Gasteiger partial charge in [-0.05, 0) is 53.6 Å². The number of unbranched alkanes of at least 4 members (excludes halogenated alkanes) is 1. The van der Waals surface area contributed by atoms with E-state index in [1.54, 1.807) is 34.4 Å². The molecule has 0 fully saturated rings. The third-order valence-corrected chi connectivity index (χ3v) is 7.52. The van der Waals surface area contributed by atoms with Crippen LogP contribution in [0.25, 0.3) is 22.5 Å². The van der Waals surface area contributed by atoms with Gasteiger partial charge in [0.15, 0.2) is 0 Å². The fourth-order valence-corrected chi connectivity index (χ4v) is 5.86. The number of nitrogens with zero attached hydrogens (tertiary/aromatic N) is 5. The van der Waals surface area contributed by atoms with Crippen molar-refractivity contribution in [3.05, 3.63) is 69.9 Å². The minimum Gasteiger partial charge on any atom is -0.311 e. The van der Waals surface area contributed by atoms with E-state index in [1.165, 1.54) is 5.06 Å². The first kappa shape index (κ1) is 26.2.